The van der Waals surface area contributed by atoms with Gasteiger partial charge in [0.05, 0.1) is 0 Å². The fraction of sp³-hybridized carbons (Fsp3) is 1.00. The SMILES string of the molecule is CN(C)CCCNCC1(CCl)CCCC1. The largest absolute Gasteiger partial charge is 0.316 e. The van der Waals surface area contributed by atoms with Gasteiger partial charge in [-0.1, -0.05) is 12.8 Å². The van der Waals surface area contributed by atoms with Crippen molar-refractivity contribution in [3.8, 4) is 0 Å². The van der Waals surface area contributed by atoms with Crippen LogP contribution in [0.5, 0.6) is 0 Å². The molecular formula is C12H25ClN2. The molecule has 2 nitrogen and oxygen atoms in total. The molecule has 1 N–H and O–H groups in total. The van der Waals surface area contributed by atoms with Crippen LogP contribution in [0.1, 0.15) is 32.1 Å². The average Bonchev–Trinajstić information content (AvgIpc) is 2.66. The van der Waals surface area contributed by atoms with Gasteiger partial charge in [0.1, 0.15) is 0 Å². The molecule has 0 amide bonds. The van der Waals surface area contributed by atoms with E-state index < -0.39 is 0 Å². The zero-order chi connectivity index (χ0) is 11.1. The highest BCUT2D eigenvalue weighted by Crippen LogP contribution is 2.38. The molecule has 0 spiro atoms. The molecule has 0 heterocycles. The van der Waals surface area contributed by atoms with Crippen LogP contribution < -0.4 is 5.32 Å². The fourth-order valence-corrected chi connectivity index (χ4v) is 2.72. The molecule has 0 atom stereocenters. The second-order valence-corrected chi connectivity index (χ2v) is 5.44. The topological polar surface area (TPSA) is 15.3 Å². The molecular weight excluding hydrogens is 208 g/mol. The van der Waals surface area contributed by atoms with E-state index in [9.17, 15) is 0 Å². The summed E-state index contributed by atoms with van der Waals surface area (Å²) in [6.45, 7) is 3.40. The van der Waals surface area contributed by atoms with E-state index >= 15 is 0 Å². The lowest BCUT2D eigenvalue weighted by molar-refractivity contribution is 0.314. The second-order valence-electron chi connectivity index (χ2n) is 5.17. The number of hydrogen-bond acceptors (Lipinski definition) is 2. The first-order chi connectivity index (χ1) is 7.18. The van der Waals surface area contributed by atoms with Crippen LogP contribution in [0.2, 0.25) is 0 Å². The highest BCUT2D eigenvalue weighted by Gasteiger charge is 2.32. The maximum absolute atomic E-state index is 6.08. The summed E-state index contributed by atoms with van der Waals surface area (Å²) in [5, 5.41) is 3.56. The summed E-state index contributed by atoms with van der Waals surface area (Å²) in [6.07, 6.45) is 6.60. The first kappa shape index (κ1) is 13.3. The van der Waals surface area contributed by atoms with Crippen molar-refractivity contribution in [3.05, 3.63) is 0 Å². The van der Waals surface area contributed by atoms with Gasteiger partial charge in [0, 0.05) is 12.4 Å². The van der Waals surface area contributed by atoms with Crippen LogP contribution in [0.3, 0.4) is 0 Å². The van der Waals surface area contributed by atoms with Crippen LogP contribution in [0.25, 0.3) is 0 Å². The Bertz CT molecular complexity index is 165. The van der Waals surface area contributed by atoms with E-state index in [1.165, 1.54) is 38.6 Å². The Balaban J connectivity index is 2.07. The van der Waals surface area contributed by atoms with Crippen LogP contribution in [0, 0.1) is 5.41 Å². The van der Waals surface area contributed by atoms with Gasteiger partial charge in [-0.05, 0) is 51.9 Å². The van der Waals surface area contributed by atoms with Crippen LogP contribution in [0.15, 0.2) is 0 Å². The second kappa shape index (κ2) is 6.72. The molecule has 0 radical (unpaired) electrons. The number of alkyl halides is 1. The van der Waals surface area contributed by atoms with Crippen LogP contribution >= 0.6 is 11.6 Å². The highest BCUT2D eigenvalue weighted by atomic mass is 35.5. The van der Waals surface area contributed by atoms with Crippen molar-refractivity contribution < 1.29 is 0 Å². The van der Waals surface area contributed by atoms with Crippen molar-refractivity contribution in [2.24, 2.45) is 5.41 Å². The number of nitrogens with zero attached hydrogens (tertiary/aromatic N) is 1. The Kier molecular flexibility index (Phi) is 5.95. The third-order valence-corrected chi connectivity index (χ3v) is 3.97. The van der Waals surface area contributed by atoms with Crippen molar-refractivity contribution in [2.45, 2.75) is 32.1 Å². The zero-order valence-corrected chi connectivity index (χ0v) is 10.9. The predicted molar refractivity (Wildman–Crippen MR) is 67.7 cm³/mol. The zero-order valence-electron chi connectivity index (χ0n) is 10.2. The van der Waals surface area contributed by atoms with Crippen molar-refractivity contribution in [2.75, 3.05) is 39.6 Å². The van der Waals surface area contributed by atoms with Crippen molar-refractivity contribution >= 4 is 11.6 Å². The van der Waals surface area contributed by atoms with E-state index in [1.54, 1.807) is 0 Å². The van der Waals surface area contributed by atoms with Crippen LogP contribution in [-0.4, -0.2) is 44.5 Å². The molecule has 0 bridgehead atoms. The van der Waals surface area contributed by atoms with E-state index in [0.29, 0.717) is 5.41 Å². The Morgan fingerprint density at radius 1 is 1.27 bits per heavy atom. The van der Waals surface area contributed by atoms with E-state index in [0.717, 1.165) is 19.0 Å². The van der Waals surface area contributed by atoms with Crippen molar-refractivity contribution in [1.29, 1.82) is 0 Å². The third-order valence-electron chi connectivity index (χ3n) is 3.41. The molecule has 0 aromatic carbocycles. The summed E-state index contributed by atoms with van der Waals surface area (Å²) >= 11 is 6.08. The lowest BCUT2D eigenvalue weighted by atomic mass is 9.88. The average molecular weight is 233 g/mol. The fourth-order valence-electron chi connectivity index (χ4n) is 2.36. The molecule has 0 unspecified atom stereocenters. The summed E-state index contributed by atoms with van der Waals surface area (Å²) in [7, 11) is 4.24. The highest BCUT2D eigenvalue weighted by molar-refractivity contribution is 6.18. The number of rotatable bonds is 7. The van der Waals surface area contributed by atoms with E-state index in [4.69, 9.17) is 11.6 Å². The van der Waals surface area contributed by atoms with E-state index in [1.807, 2.05) is 0 Å². The van der Waals surface area contributed by atoms with Gasteiger partial charge in [0.15, 0.2) is 0 Å². The van der Waals surface area contributed by atoms with Gasteiger partial charge in [-0.3, -0.25) is 0 Å². The summed E-state index contributed by atoms with van der Waals surface area (Å²) in [5.74, 6) is 0.827. The first-order valence-electron chi connectivity index (χ1n) is 6.10. The molecule has 1 aliphatic rings. The van der Waals surface area contributed by atoms with E-state index in [-0.39, 0.29) is 0 Å². The number of hydrogen-bond donors (Lipinski definition) is 1. The Morgan fingerprint density at radius 2 is 1.93 bits per heavy atom. The Morgan fingerprint density at radius 3 is 2.47 bits per heavy atom. The minimum Gasteiger partial charge on any atom is -0.316 e. The lowest BCUT2D eigenvalue weighted by Crippen LogP contribution is -2.34. The Labute approximate surface area is 99.4 Å². The monoisotopic (exact) mass is 232 g/mol. The molecule has 1 rings (SSSR count). The summed E-state index contributed by atoms with van der Waals surface area (Å²) < 4.78 is 0. The molecule has 1 fully saturated rings. The molecule has 0 aliphatic heterocycles. The molecule has 0 aromatic rings. The van der Waals surface area contributed by atoms with Gasteiger partial charge in [0.25, 0.3) is 0 Å². The maximum atomic E-state index is 6.08. The summed E-state index contributed by atoms with van der Waals surface area (Å²) in [6, 6.07) is 0. The molecule has 1 saturated carbocycles. The van der Waals surface area contributed by atoms with Gasteiger partial charge < -0.3 is 10.2 Å². The standard InChI is InChI=1S/C12H25ClN2/c1-15(2)9-5-8-14-11-12(10-13)6-3-4-7-12/h14H,3-11H2,1-2H3. The minimum absolute atomic E-state index is 0.416. The summed E-state index contributed by atoms with van der Waals surface area (Å²) in [4.78, 5) is 2.23. The third kappa shape index (κ3) is 4.71. The number of halogens is 1. The molecule has 0 saturated heterocycles. The normalized spacial score (nSPS) is 20.0. The first-order valence-corrected chi connectivity index (χ1v) is 6.63. The molecule has 15 heavy (non-hydrogen) atoms. The van der Waals surface area contributed by atoms with Crippen molar-refractivity contribution in [3.63, 3.8) is 0 Å². The molecule has 3 heteroatoms. The Hall–Kier alpha value is 0.210. The van der Waals surface area contributed by atoms with E-state index in [2.05, 4.69) is 24.3 Å². The van der Waals surface area contributed by atoms with Crippen LogP contribution in [0.4, 0.5) is 0 Å². The van der Waals surface area contributed by atoms with Crippen LogP contribution in [-0.2, 0) is 0 Å². The van der Waals surface area contributed by atoms with Gasteiger partial charge in [-0.2, -0.15) is 0 Å². The van der Waals surface area contributed by atoms with Gasteiger partial charge in [-0.15, -0.1) is 11.6 Å². The number of nitrogens with one attached hydrogen (secondary N) is 1. The van der Waals surface area contributed by atoms with Gasteiger partial charge >= 0.3 is 0 Å². The van der Waals surface area contributed by atoms with Gasteiger partial charge in [-0.25, -0.2) is 0 Å². The smallest absolute Gasteiger partial charge is 0.0292 e. The van der Waals surface area contributed by atoms with Crippen molar-refractivity contribution in [1.82, 2.24) is 10.2 Å². The predicted octanol–water partition coefficient (Wildman–Crippen LogP) is 2.33. The molecule has 1 aliphatic carbocycles. The minimum atomic E-state index is 0.416. The maximum Gasteiger partial charge on any atom is 0.0292 e. The quantitative estimate of drug-likeness (QED) is 0.536. The summed E-state index contributed by atoms with van der Waals surface area (Å²) in [5.41, 5.74) is 0.416. The molecule has 90 valence electrons. The van der Waals surface area contributed by atoms with Gasteiger partial charge in [0.2, 0.25) is 0 Å². The lowest BCUT2D eigenvalue weighted by Gasteiger charge is -2.26. The molecule has 0 aromatic heterocycles.